The van der Waals surface area contributed by atoms with E-state index in [4.69, 9.17) is 0 Å². The van der Waals surface area contributed by atoms with Crippen molar-refractivity contribution in [3.05, 3.63) is 102 Å². The molecule has 0 amide bonds. The molecule has 0 saturated heterocycles. The topological polar surface area (TPSA) is 19.0 Å². The predicted molar refractivity (Wildman–Crippen MR) is 148 cm³/mol. The van der Waals surface area contributed by atoms with Crippen molar-refractivity contribution in [3.63, 3.8) is 0 Å². The van der Waals surface area contributed by atoms with Gasteiger partial charge in [-0.25, -0.2) is 0 Å². The van der Waals surface area contributed by atoms with E-state index in [9.17, 15) is 0 Å². The fraction of sp³-hybridized carbons (Fsp3) is 0.250. The summed E-state index contributed by atoms with van der Waals surface area (Å²) in [5.74, 6) is 0. The molecular formula is C32H34N2. The van der Waals surface area contributed by atoms with E-state index in [0.29, 0.717) is 0 Å². The maximum absolute atomic E-state index is 3.56. The Bertz CT molecular complexity index is 1400. The lowest BCUT2D eigenvalue weighted by molar-refractivity contribution is 0.590. The molecule has 0 aliphatic carbocycles. The molecule has 0 spiro atoms. The van der Waals surface area contributed by atoms with Crippen LogP contribution in [0.1, 0.15) is 51.7 Å². The second kappa shape index (κ2) is 9.02. The second-order valence-corrected chi connectivity index (χ2v) is 10.3. The van der Waals surface area contributed by atoms with E-state index >= 15 is 0 Å². The van der Waals surface area contributed by atoms with E-state index in [2.05, 4.69) is 129 Å². The molecule has 0 unspecified atom stereocenters. The van der Waals surface area contributed by atoms with Crippen molar-refractivity contribution >= 4 is 38.9 Å². The van der Waals surface area contributed by atoms with Gasteiger partial charge >= 0.3 is 0 Å². The predicted octanol–water partition coefficient (Wildman–Crippen LogP) is 9.43. The number of fused-ring (bicyclic) bond motifs is 3. The van der Waals surface area contributed by atoms with Gasteiger partial charge in [0.25, 0.3) is 0 Å². The molecule has 1 N–H and O–H groups in total. The van der Waals surface area contributed by atoms with Gasteiger partial charge in [0.15, 0.2) is 0 Å². The molecule has 4 aromatic carbocycles. The summed E-state index contributed by atoms with van der Waals surface area (Å²) in [7, 11) is 0. The van der Waals surface area contributed by atoms with Crippen molar-refractivity contribution in [1.82, 2.24) is 4.98 Å². The molecule has 0 aliphatic heterocycles. The molecule has 2 heteroatoms. The monoisotopic (exact) mass is 446 g/mol. The van der Waals surface area contributed by atoms with Gasteiger partial charge in [0.2, 0.25) is 0 Å². The molecule has 2 nitrogen and oxygen atoms in total. The quantitative estimate of drug-likeness (QED) is 0.275. The number of aryl methyl sites for hydroxylation is 1. The highest BCUT2D eigenvalue weighted by Gasteiger charge is 2.17. The Balaban J connectivity index is 1.62. The van der Waals surface area contributed by atoms with Crippen LogP contribution in [0.25, 0.3) is 21.8 Å². The largest absolute Gasteiger partial charge is 0.355 e. The summed E-state index contributed by atoms with van der Waals surface area (Å²) in [5.41, 5.74) is 8.75. The maximum atomic E-state index is 3.56. The van der Waals surface area contributed by atoms with Gasteiger partial charge in [0.1, 0.15) is 0 Å². The van der Waals surface area contributed by atoms with Crippen LogP contribution in [0.3, 0.4) is 0 Å². The third-order valence-corrected chi connectivity index (χ3v) is 6.75. The normalized spacial score (nSPS) is 11.9. The van der Waals surface area contributed by atoms with Crippen molar-refractivity contribution in [2.75, 3.05) is 4.90 Å². The molecule has 1 heterocycles. The molecular weight excluding hydrogens is 412 g/mol. The molecule has 0 saturated carbocycles. The summed E-state index contributed by atoms with van der Waals surface area (Å²) in [6.07, 6.45) is 3.59. The van der Waals surface area contributed by atoms with Gasteiger partial charge in [0, 0.05) is 38.9 Å². The van der Waals surface area contributed by atoms with Gasteiger partial charge in [-0.15, -0.1) is 0 Å². The van der Waals surface area contributed by atoms with Crippen LogP contribution >= 0.6 is 0 Å². The third-order valence-electron chi connectivity index (χ3n) is 6.75. The van der Waals surface area contributed by atoms with Crippen molar-refractivity contribution < 1.29 is 0 Å². The van der Waals surface area contributed by atoms with Crippen molar-refractivity contribution in [2.45, 2.75) is 52.4 Å². The van der Waals surface area contributed by atoms with Crippen LogP contribution in [-0.4, -0.2) is 4.98 Å². The first-order valence-electron chi connectivity index (χ1n) is 12.4. The van der Waals surface area contributed by atoms with Crippen LogP contribution < -0.4 is 4.90 Å². The Morgan fingerprint density at radius 1 is 0.676 bits per heavy atom. The lowest BCUT2D eigenvalue weighted by atomic mass is 9.87. The number of nitrogens with zero attached hydrogens (tertiary/aromatic N) is 1. The van der Waals surface area contributed by atoms with Gasteiger partial charge in [-0.1, -0.05) is 76.6 Å². The molecule has 1 aromatic heterocycles. The minimum Gasteiger partial charge on any atom is -0.355 e. The number of para-hydroxylation sites is 1. The molecule has 0 radical (unpaired) electrons. The van der Waals surface area contributed by atoms with Crippen LogP contribution in [-0.2, 0) is 11.8 Å². The molecule has 0 fully saturated rings. The van der Waals surface area contributed by atoms with E-state index in [1.165, 1.54) is 62.8 Å². The summed E-state index contributed by atoms with van der Waals surface area (Å²) in [4.78, 5) is 5.93. The van der Waals surface area contributed by atoms with Crippen LogP contribution in [0.2, 0.25) is 0 Å². The molecule has 0 bridgehead atoms. The van der Waals surface area contributed by atoms with Crippen molar-refractivity contribution in [1.29, 1.82) is 0 Å². The number of aromatic nitrogens is 1. The highest BCUT2D eigenvalue weighted by atomic mass is 15.1. The van der Waals surface area contributed by atoms with Crippen molar-refractivity contribution in [3.8, 4) is 0 Å². The standard InChI is InChI=1S/C32H34N2/c1-5-6-9-23-12-16-25(17-13-23)34(26-18-14-24(15-19-26)32(2,3)4)27-20-21-31-29(22-27)28-10-7-8-11-30(28)33-31/h7-8,10-22,33H,5-6,9H2,1-4H3. The number of aromatic amines is 1. The first kappa shape index (κ1) is 22.3. The number of anilines is 3. The minimum atomic E-state index is 0.132. The molecule has 0 aliphatic rings. The zero-order chi connectivity index (χ0) is 23.7. The number of nitrogens with one attached hydrogen (secondary N) is 1. The second-order valence-electron chi connectivity index (χ2n) is 10.3. The van der Waals surface area contributed by atoms with Crippen LogP contribution in [0.4, 0.5) is 17.1 Å². The van der Waals surface area contributed by atoms with E-state index in [0.717, 1.165) is 6.42 Å². The average Bonchev–Trinajstić information content (AvgIpc) is 3.22. The first-order valence-corrected chi connectivity index (χ1v) is 12.4. The van der Waals surface area contributed by atoms with E-state index in [1.54, 1.807) is 0 Å². The SMILES string of the molecule is CCCCc1ccc(N(c2ccc(C(C)(C)C)cc2)c2ccc3[nH]c4ccccc4c3c2)cc1. The number of hydrogen-bond acceptors (Lipinski definition) is 1. The minimum absolute atomic E-state index is 0.132. The highest BCUT2D eigenvalue weighted by molar-refractivity contribution is 6.08. The fourth-order valence-corrected chi connectivity index (χ4v) is 4.73. The van der Waals surface area contributed by atoms with Gasteiger partial charge < -0.3 is 9.88 Å². The highest BCUT2D eigenvalue weighted by Crippen LogP contribution is 2.38. The number of hydrogen-bond donors (Lipinski definition) is 1. The molecule has 5 rings (SSSR count). The smallest absolute Gasteiger partial charge is 0.0469 e. The number of unbranched alkanes of at least 4 members (excludes halogenated alkanes) is 1. The van der Waals surface area contributed by atoms with Crippen LogP contribution in [0, 0.1) is 0 Å². The molecule has 172 valence electrons. The Morgan fingerprint density at radius 3 is 1.97 bits per heavy atom. The summed E-state index contributed by atoms with van der Waals surface area (Å²) in [5, 5.41) is 2.52. The number of benzene rings is 4. The maximum Gasteiger partial charge on any atom is 0.0469 e. The van der Waals surface area contributed by atoms with E-state index in [1.807, 2.05) is 0 Å². The van der Waals surface area contributed by atoms with Crippen LogP contribution in [0.15, 0.2) is 91.0 Å². The van der Waals surface area contributed by atoms with Gasteiger partial charge in [-0.05, 0) is 77.9 Å². The number of rotatable bonds is 6. The van der Waals surface area contributed by atoms with E-state index in [-0.39, 0.29) is 5.41 Å². The zero-order valence-corrected chi connectivity index (χ0v) is 20.7. The van der Waals surface area contributed by atoms with Gasteiger partial charge in [0.05, 0.1) is 0 Å². The Labute approximate surface area is 203 Å². The first-order chi connectivity index (χ1) is 16.4. The fourth-order valence-electron chi connectivity index (χ4n) is 4.73. The average molecular weight is 447 g/mol. The Kier molecular flexibility index (Phi) is 5.91. The summed E-state index contributed by atoms with van der Waals surface area (Å²) in [6, 6.07) is 33.4. The van der Waals surface area contributed by atoms with E-state index < -0.39 is 0 Å². The summed E-state index contributed by atoms with van der Waals surface area (Å²) < 4.78 is 0. The lowest BCUT2D eigenvalue weighted by Gasteiger charge is -2.27. The van der Waals surface area contributed by atoms with Crippen molar-refractivity contribution in [2.24, 2.45) is 0 Å². The van der Waals surface area contributed by atoms with Gasteiger partial charge in [-0.3, -0.25) is 0 Å². The summed E-state index contributed by atoms with van der Waals surface area (Å²) in [6.45, 7) is 9.04. The third kappa shape index (κ3) is 4.33. The molecule has 34 heavy (non-hydrogen) atoms. The van der Waals surface area contributed by atoms with Crippen LogP contribution in [0.5, 0.6) is 0 Å². The van der Waals surface area contributed by atoms with Gasteiger partial charge in [-0.2, -0.15) is 0 Å². The number of H-pyrrole nitrogens is 1. The Hall–Kier alpha value is -3.52. The molecule has 0 atom stereocenters. The zero-order valence-electron chi connectivity index (χ0n) is 20.7. The molecule has 5 aromatic rings. The lowest BCUT2D eigenvalue weighted by Crippen LogP contribution is -2.13. The Morgan fingerprint density at radius 2 is 1.29 bits per heavy atom. The summed E-state index contributed by atoms with van der Waals surface area (Å²) >= 11 is 0.